The van der Waals surface area contributed by atoms with Crippen molar-refractivity contribution in [2.75, 3.05) is 5.32 Å². The molecule has 23 heavy (non-hydrogen) atoms. The molecule has 0 saturated carbocycles. The number of carbonyl (C=O) groups is 1. The van der Waals surface area contributed by atoms with Gasteiger partial charge in [0.25, 0.3) is 0 Å². The maximum absolute atomic E-state index is 12.4. The topological polar surface area (TPSA) is 41.1 Å². The fourth-order valence-corrected chi connectivity index (χ4v) is 3.88. The third kappa shape index (κ3) is 2.96. The molecule has 2 N–H and O–H groups in total. The number of urea groups is 1. The molecule has 4 rings (SSSR count). The van der Waals surface area contributed by atoms with Crippen LogP contribution < -0.4 is 10.6 Å². The quantitative estimate of drug-likeness (QED) is 0.849. The number of anilines is 1. The average molecular weight is 306 g/mol. The van der Waals surface area contributed by atoms with Crippen LogP contribution in [0.3, 0.4) is 0 Å². The highest BCUT2D eigenvalue weighted by Gasteiger charge is 2.21. The van der Waals surface area contributed by atoms with E-state index < -0.39 is 0 Å². The summed E-state index contributed by atoms with van der Waals surface area (Å²) < 4.78 is 0. The Labute approximate surface area is 137 Å². The van der Waals surface area contributed by atoms with Crippen LogP contribution in [0.15, 0.2) is 42.5 Å². The second-order valence-corrected chi connectivity index (χ2v) is 6.58. The first-order chi connectivity index (χ1) is 11.3. The van der Waals surface area contributed by atoms with Gasteiger partial charge in [0.15, 0.2) is 0 Å². The number of aryl methyl sites for hydroxylation is 3. The van der Waals surface area contributed by atoms with Gasteiger partial charge in [-0.1, -0.05) is 30.3 Å². The predicted molar refractivity (Wildman–Crippen MR) is 92.7 cm³/mol. The van der Waals surface area contributed by atoms with Crippen molar-refractivity contribution in [3.05, 3.63) is 64.7 Å². The Balaban J connectivity index is 1.45. The zero-order valence-electron chi connectivity index (χ0n) is 13.3. The number of benzene rings is 2. The number of fused-ring (bicyclic) bond motifs is 2. The van der Waals surface area contributed by atoms with Gasteiger partial charge < -0.3 is 10.6 Å². The van der Waals surface area contributed by atoms with E-state index in [1.165, 1.54) is 35.1 Å². The monoisotopic (exact) mass is 306 g/mol. The van der Waals surface area contributed by atoms with Crippen LogP contribution in [0.25, 0.3) is 0 Å². The van der Waals surface area contributed by atoms with Crippen LogP contribution >= 0.6 is 0 Å². The fourth-order valence-electron chi connectivity index (χ4n) is 3.88. The Kier molecular flexibility index (Phi) is 3.78. The molecular formula is C20H22N2O. The van der Waals surface area contributed by atoms with E-state index in [0.29, 0.717) is 0 Å². The maximum atomic E-state index is 12.4. The van der Waals surface area contributed by atoms with Gasteiger partial charge in [-0.3, -0.25) is 0 Å². The number of amides is 2. The Morgan fingerprint density at radius 3 is 2.70 bits per heavy atom. The van der Waals surface area contributed by atoms with Gasteiger partial charge in [0.2, 0.25) is 0 Å². The summed E-state index contributed by atoms with van der Waals surface area (Å²) in [5.41, 5.74) is 6.33. The molecule has 0 radical (unpaired) electrons. The van der Waals surface area contributed by atoms with Crippen molar-refractivity contribution in [2.45, 2.75) is 44.6 Å². The van der Waals surface area contributed by atoms with Gasteiger partial charge in [0.1, 0.15) is 0 Å². The first-order valence-corrected chi connectivity index (χ1v) is 8.57. The van der Waals surface area contributed by atoms with E-state index in [4.69, 9.17) is 0 Å². The van der Waals surface area contributed by atoms with Crippen LogP contribution in [0, 0.1) is 0 Å². The number of hydrogen-bond acceptors (Lipinski definition) is 1. The molecule has 0 saturated heterocycles. The summed E-state index contributed by atoms with van der Waals surface area (Å²) in [6, 6.07) is 14.7. The second-order valence-electron chi connectivity index (χ2n) is 6.58. The number of hydrogen-bond donors (Lipinski definition) is 2. The van der Waals surface area contributed by atoms with Crippen LogP contribution in [0.5, 0.6) is 0 Å². The summed E-state index contributed by atoms with van der Waals surface area (Å²) in [6.07, 6.45) is 6.77. The third-order valence-electron chi connectivity index (χ3n) is 5.03. The molecule has 3 nitrogen and oxygen atoms in total. The molecule has 0 aromatic heterocycles. The van der Waals surface area contributed by atoms with Crippen molar-refractivity contribution >= 4 is 11.7 Å². The van der Waals surface area contributed by atoms with E-state index in [0.717, 1.165) is 31.4 Å². The predicted octanol–water partition coefficient (Wildman–Crippen LogP) is 4.37. The average Bonchev–Trinajstić information content (AvgIpc) is 3.03. The standard InChI is InChI=1S/C20H22N2O/c23-20(21-17-12-11-14-6-3-8-16(14)13-17)22-19-10-4-7-15-5-1-2-9-18(15)19/h1-2,5,9,11-13,19H,3-4,6-8,10H2,(H2,21,22,23)/t19-/m1/s1. The van der Waals surface area contributed by atoms with Crippen molar-refractivity contribution in [3.63, 3.8) is 0 Å². The molecule has 0 aliphatic heterocycles. The highest BCUT2D eigenvalue weighted by Crippen LogP contribution is 2.29. The Morgan fingerprint density at radius 2 is 1.74 bits per heavy atom. The lowest BCUT2D eigenvalue weighted by atomic mass is 9.88. The van der Waals surface area contributed by atoms with Gasteiger partial charge in [0.05, 0.1) is 6.04 Å². The molecule has 0 unspecified atom stereocenters. The minimum atomic E-state index is -0.107. The first kappa shape index (κ1) is 14.3. The second kappa shape index (κ2) is 6.07. The Morgan fingerprint density at radius 1 is 0.913 bits per heavy atom. The lowest BCUT2D eigenvalue weighted by molar-refractivity contribution is 0.247. The molecule has 3 heteroatoms. The van der Waals surface area contributed by atoms with Crippen LogP contribution in [0.2, 0.25) is 0 Å². The summed E-state index contributed by atoms with van der Waals surface area (Å²) in [6.45, 7) is 0. The van der Waals surface area contributed by atoms with Gasteiger partial charge in [-0.15, -0.1) is 0 Å². The van der Waals surface area contributed by atoms with E-state index in [1.807, 2.05) is 6.07 Å². The van der Waals surface area contributed by atoms with E-state index in [-0.39, 0.29) is 12.1 Å². The van der Waals surface area contributed by atoms with E-state index >= 15 is 0 Å². The summed E-state index contributed by atoms with van der Waals surface area (Å²) >= 11 is 0. The number of rotatable bonds is 2. The normalized spacial score (nSPS) is 18.9. The molecule has 2 aliphatic rings. The van der Waals surface area contributed by atoms with E-state index in [2.05, 4.69) is 47.0 Å². The van der Waals surface area contributed by atoms with Crippen molar-refractivity contribution < 1.29 is 4.79 Å². The minimum Gasteiger partial charge on any atom is -0.331 e. The maximum Gasteiger partial charge on any atom is 0.319 e. The summed E-state index contributed by atoms with van der Waals surface area (Å²) in [5, 5.41) is 6.14. The smallest absolute Gasteiger partial charge is 0.319 e. The SMILES string of the molecule is O=C(Nc1ccc2c(c1)CCC2)N[C@@H]1CCCc2ccccc21. The summed E-state index contributed by atoms with van der Waals surface area (Å²) in [7, 11) is 0. The van der Waals surface area contributed by atoms with Gasteiger partial charge in [-0.2, -0.15) is 0 Å². The minimum absolute atomic E-state index is 0.107. The number of carbonyl (C=O) groups excluding carboxylic acids is 1. The van der Waals surface area contributed by atoms with Crippen molar-refractivity contribution in [2.24, 2.45) is 0 Å². The first-order valence-electron chi connectivity index (χ1n) is 8.57. The van der Waals surface area contributed by atoms with E-state index in [9.17, 15) is 4.79 Å². The highest BCUT2D eigenvalue weighted by molar-refractivity contribution is 5.89. The van der Waals surface area contributed by atoms with Crippen LogP contribution in [0.1, 0.15) is 47.6 Å². The zero-order chi connectivity index (χ0) is 15.6. The van der Waals surface area contributed by atoms with Crippen molar-refractivity contribution in [3.8, 4) is 0 Å². The molecule has 1 atom stereocenters. The molecular weight excluding hydrogens is 284 g/mol. The van der Waals surface area contributed by atoms with Crippen LogP contribution in [-0.4, -0.2) is 6.03 Å². The van der Waals surface area contributed by atoms with E-state index in [1.54, 1.807) is 0 Å². The highest BCUT2D eigenvalue weighted by atomic mass is 16.2. The van der Waals surface area contributed by atoms with Crippen LogP contribution in [0.4, 0.5) is 10.5 Å². The Hall–Kier alpha value is -2.29. The summed E-state index contributed by atoms with van der Waals surface area (Å²) in [5.74, 6) is 0. The lowest BCUT2D eigenvalue weighted by Gasteiger charge is -2.26. The molecule has 2 aromatic rings. The lowest BCUT2D eigenvalue weighted by Crippen LogP contribution is -2.34. The van der Waals surface area contributed by atoms with Gasteiger partial charge in [-0.05, 0) is 72.9 Å². The van der Waals surface area contributed by atoms with Crippen LogP contribution in [-0.2, 0) is 19.3 Å². The Bertz CT molecular complexity index is 738. The molecule has 0 spiro atoms. The van der Waals surface area contributed by atoms with Gasteiger partial charge in [0, 0.05) is 5.69 Å². The molecule has 0 heterocycles. The summed E-state index contributed by atoms with van der Waals surface area (Å²) in [4.78, 5) is 12.4. The van der Waals surface area contributed by atoms with Crippen molar-refractivity contribution in [1.29, 1.82) is 0 Å². The molecule has 2 aromatic carbocycles. The zero-order valence-corrected chi connectivity index (χ0v) is 13.3. The largest absolute Gasteiger partial charge is 0.331 e. The number of nitrogens with one attached hydrogen (secondary N) is 2. The molecule has 2 aliphatic carbocycles. The molecule has 2 amide bonds. The molecule has 118 valence electrons. The third-order valence-corrected chi connectivity index (χ3v) is 5.03. The molecule has 0 bridgehead atoms. The molecule has 0 fully saturated rings. The fraction of sp³-hybridized carbons (Fsp3) is 0.350. The van der Waals surface area contributed by atoms with Gasteiger partial charge in [-0.25, -0.2) is 4.79 Å². The van der Waals surface area contributed by atoms with Gasteiger partial charge >= 0.3 is 6.03 Å². The van der Waals surface area contributed by atoms with Crippen molar-refractivity contribution in [1.82, 2.24) is 5.32 Å².